The number of ether oxygens (including phenoxy) is 1. The third kappa shape index (κ3) is 2.85. The molecule has 0 amide bonds. The molecule has 0 saturated heterocycles. The number of anilines is 2. The lowest BCUT2D eigenvalue weighted by Crippen LogP contribution is -2.01. The van der Waals surface area contributed by atoms with Crippen molar-refractivity contribution in [3.8, 4) is 0 Å². The minimum absolute atomic E-state index is 0.623. The summed E-state index contributed by atoms with van der Waals surface area (Å²) in [5, 5.41) is 3.30. The number of aromatic nitrogens is 2. The Bertz CT molecular complexity index is 479. The van der Waals surface area contributed by atoms with Crippen molar-refractivity contribution >= 4 is 11.6 Å². The molecule has 0 fully saturated rings. The number of benzene rings is 1. The summed E-state index contributed by atoms with van der Waals surface area (Å²) in [6.45, 7) is 3.62. The van der Waals surface area contributed by atoms with E-state index in [1.807, 2.05) is 24.4 Å². The molecule has 1 heterocycles. The van der Waals surface area contributed by atoms with E-state index >= 15 is 0 Å². The molecular formula is C13H17N3O. The first-order valence-corrected chi connectivity index (χ1v) is 5.69. The van der Waals surface area contributed by atoms with Crippen molar-refractivity contribution in [2.45, 2.75) is 20.1 Å². The quantitative estimate of drug-likeness (QED) is 0.860. The van der Waals surface area contributed by atoms with Gasteiger partial charge in [0.05, 0.1) is 6.61 Å². The summed E-state index contributed by atoms with van der Waals surface area (Å²) in [6.07, 6.45) is 3.76. The molecule has 1 aromatic heterocycles. The van der Waals surface area contributed by atoms with Crippen LogP contribution < -0.4 is 5.32 Å². The van der Waals surface area contributed by atoms with Crippen molar-refractivity contribution in [3.05, 3.63) is 42.2 Å². The molecule has 0 bridgehead atoms. The van der Waals surface area contributed by atoms with Crippen molar-refractivity contribution in [2.24, 2.45) is 0 Å². The fourth-order valence-corrected chi connectivity index (χ4v) is 1.72. The number of nitrogens with one attached hydrogen (secondary N) is 1. The number of aryl methyl sites for hydroxylation is 1. The van der Waals surface area contributed by atoms with Gasteiger partial charge in [0.1, 0.15) is 0 Å². The number of hydrogen-bond acceptors (Lipinski definition) is 3. The van der Waals surface area contributed by atoms with Crippen molar-refractivity contribution in [3.63, 3.8) is 0 Å². The number of nitrogens with zero attached hydrogens (tertiary/aromatic N) is 2. The van der Waals surface area contributed by atoms with E-state index in [1.165, 1.54) is 0 Å². The Morgan fingerprint density at radius 3 is 3.06 bits per heavy atom. The highest BCUT2D eigenvalue weighted by Crippen LogP contribution is 2.16. The van der Waals surface area contributed by atoms with Gasteiger partial charge in [-0.05, 0) is 24.6 Å². The minimum Gasteiger partial charge on any atom is -0.380 e. The van der Waals surface area contributed by atoms with E-state index in [2.05, 4.69) is 27.9 Å². The Balaban J connectivity index is 2.15. The van der Waals surface area contributed by atoms with Crippen LogP contribution in [0.4, 0.5) is 11.6 Å². The maximum absolute atomic E-state index is 5.11. The molecule has 0 unspecified atom stereocenters. The van der Waals surface area contributed by atoms with Crippen LogP contribution >= 0.6 is 0 Å². The molecule has 0 atom stereocenters. The van der Waals surface area contributed by atoms with Crippen LogP contribution in [0, 0.1) is 0 Å². The van der Waals surface area contributed by atoms with Crippen LogP contribution in [0.25, 0.3) is 0 Å². The molecule has 4 heteroatoms. The predicted molar refractivity (Wildman–Crippen MR) is 68.3 cm³/mol. The van der Waals surface area contributed by atoms with E-state index in [-0.39, 0.29) is 0 Å². The second-order valence-corrected chi connectivity index (χ2v) is 3.80. The molecule has 0 aliphatic heterocycles. The van der Waals surface area contributed by atoms with Gasteiger partial charge in [-0.15, -0.1) is 0 Å². The van der Waals surface area contributed by atoms with Gasteiger partial charge in [0.2, 0.25) is 5.95 Å². The second kappa shape index (κ2) is 5.50. The Kier molecular flexibility index (Phi) is 3.77. The highest BCUT2D eigenvalue weighted by molar-refractivity contribution is 5.54. The van der Waals surface area contributed by atoms with E-state index in [0.29, 0.717) is 6.61 Å². The second-order valence-electron chi connectivity index (χ2n) is 3.80. The number of hydrogen-bond donors (Lipinski definition) is 1. The van der Waals surface area contributed by atoms with Crippen molar-refractivity contribution < 1.29 is 4.74 Å². The first kappa shape index (κ1) is 11.7. The molecular weight excluding hydrogens is 214 g/mol. The smallest absolute Gasteiger partial charge is 0.207 e. The van der Waals surface area contributed by atoms with Gasteiger partial charge in [0, 0.05) is 31.7 Å². The molecule has 2 aromatic rings. The number of imidazole rings is 1. The number of methoxy groups -OCH3 is 1. The summed E-state index contributed by atoms with van der Waals surface area (Å²) in [7, 11) is 1.70. The number of rotatable bonds is 5. The average molecular weight is 231 g/mol. The highest BCUT2D eigenvalue weighted by Gasteiger charge is 2.01. The van der Waals surface area contributed by atoms with E-state index in [1.54, 1.807) is 13.3 Å². The lowest BCUT2D eigenvalue weighted by molar-refractivity contribution is 0.185. The monoisotopic (exact) mass is 231 g/mol. The summed E-state index contributed by atoms with van der Waals surface area (Å²) >= 11 is 0. The third-order valence-corrected chi connectivity index (χ3v) is 2.55. The summed E-state index contributed by atoms with van der Waals surface area (Å²) in [5.41, 5.74) is 2.17. The van der Waals surface area contributed by atoms with Crippen molar-refractivity contribution in [1.29, 1.82) is 0 Å². The van der Waals surface area contributed by atoms with Gasteiger partial charge in [-0.25, -0.2) is 4.98 Å². The zero-order valence-corrected chi connectivity index (χ0v) is 10.2. The van der Waals surface area contributed by atoms with Gasteiger partial charge in [0.15, 0.2) is 0 Å². The molecule has 90 valence electrons. The van der Waals surface area contributed by atoms with Gasteiger partial charge in [-0.1, -0.05) is 12.1 Å². The van der Waals surface area contributed by atoms with E-state index in [0.717, 1.165) is 23.7 Å². The fraction of sp³-hybridized carbons (Fsp3) is 0.308. The van der Waals surface area contributed by atoms with Crippen LogP contribution in [0.3, 0.4) is 0 Å². The Labute approximate surface area is 101 Å². The van der Waals surface area contributed by atoms with E-state index < -0.39 is 0 Å². The first-order chi connectivity index (χ1) is 8.33. The fourth-order valence-electron chi connectivity index (χ4n) is 1.72. The Hall–Kier alpha value is -1.81. The lowest BCUT2D eigenvalue weighted by atomic mass is 10.2. The van der Waals surface area contributed by atoms with Gasteiger partial charge < -0.3 is 14.6 Å². The highest BCUT2D eigenvalue weighted by atomic mass is 16.5. The predicted octanol–water partition coefficient (Wildman–Crippen LogP) is 2.79. The van der Waals surface area contributed by atoms with Crippen LogP contribution in [0.5, 0.6) is 0 Å². The van der Waals surface area contributed by atoms with Gasteiger partial charge in [0.25, 0.3) is 0 Å². The average Bonchev–Trinajstić information content (AvgIpc) is 2.77. The van der Waals surface area contributed by atoms with Crippen LogP contribution in [0.15, 0.2) is 36.7 Å². The standard InChI is InChI=1S/C13H17N3O/c1-3-16-8-7-14-13(16)15-12-6-4-5-11(9-12)10-17-2/h4-9H,3,10H2,1-2H3,(H,14,15). The summed E-state index contributed by atoms with van der Waals surface area (Å²) < 4.78 is 7.17. The summed E-state index contributed by atoms with van der Waals surface area (Å²) in [6, 6.07) is 8.14. The lowest BCUT2D eigenvalue weighted by Gasteiger charge is -2.09. The SMILES string of the molecule is CCn1ccnc1Nc1cccc(COC)c1. The molecule has 17 heavy (non-hydrogen) atoms. The van der Waals surface area contributed by atoms with Crippen molar-refractivity contribution in [1.82, 2.24) is 9.55 Å². The van der Waals surface area contributed by atoms with Gasteiger partial charge >= 0.3 is 0 Å². The first-order valence-electron chi connectivity index (χ1n) is 5.69. The molecule has 0 saturated carbocycles. The third-order valence-electron chi connectivity index (χ3n) is 2.55. The molecule has 0 radical (unpaired) electrons. The minimum atomic E-state index is 0.623. The summed E-state index contributed by atoms with van der Waals surface area (Å²) in [4.78, 5) is 4.28. The zero-order chi connectivity index (χ0) is 12.1. The summed E-state index contributed by atoms with van der Waals surface area (Å²) in [5.74, 6) is 0.863. The van der Waals surface area contributed by atoms with Crippen LogP contribution in [-0.4, -0.2) is 16.7 Å². The molecule has 1 N–H and O–H groups in total. The van der Waals surface area contributed by atoms with Crippen LogP contribution in [0.2, 0.25) is 0 Å². The Morgan fingerprint density at radius 1 is 1.41 bits per heavy atom. The maximum atomic E-state index is 5.11. The van der Waals surface area contributed by atoms with Crippen molar-refractivity contribution in [2.75, 3.05) is 12.4 Å². The topological polar surface area (TPSA) is 39.1 Å². The Morgan fingerprint density at radius 2 is 2.29 bits per heavy atom. The molecule has 0 aliphatic carbocycles. The van der Waals surface area contributed by atoms with Gasteiger partial charge in [-0.2, -0.15) is 0 Å². The van der Waals surface area contributed by atoms with Crippen LogP contribution in [-0.2, 0) is 17.9 Å². The van der Waals surface area contributed by atoms with E-state index in [4.69, 9.17) is 4.74 Å². The molecule has 0 aliphatic rings. The molecule has 2 rings (SSSR count). The molecule has 1 aromatic carbocycles. The molecule has 4 nitrogen and oxygen atoms in total. The van der Waals surface area contributed by atoms with E-state index in [9.17, 15) is 0 Å². The normalized spacial score (nSPS) is 10.5. The van der Waals surface area contributed by atoms with Crippen LogP contribution in [0.1, 0.15) is 12.5 Å². The maximum Gasteiger partial charge on any atom is 0.207 e. The zero-order valence-electron chi connectivity index (χ0n) is 10.2. The largest absolute Gasteiger partial charge is 0.380 e. The molecule has 0 spiro atoms. The van der Waals surface area contributed by atoms with Gasteiger partial charge in [-0.3, -0.25) is 0 Å².